The lowest BCUT2D eigenvalue weighted by Crippen LogP contribution is -2.42. The second-order valence-electron chi connectivity index (χ2n) is 10.4. The molecule has 1 spiro atoms. The Morgan fingerprint density at radius 3 is 2.64 bits per heavy atom. The van der Waals surface area contributed by atoms with Gasteiger partial charge in [0, 0.05) is 31.6 Å². The Hall–Kier alpha value is -2.83. The van der Waals surface area contributed by atoms with Crippen LogP contribution in [0, 0.1) is 0 Å². The van der Waals surface area contributed by atoms with E-state index in [1.54, 1.807) is 4.90 Å². The van der Waals surface area contributed by atoms with Gasteiger partial charge in [-0.2, -0.15) is 0 Å². The molecule has 3 heterocycles. The number of amides is 1. The van der Waals surface area contributed by atoms with Crippen molar-refractivity contribution < 1.29 is 19.1 Å². The van der Waals surface area contributed by atoms with E-state index in [1.165, 1.54) is 23.1 Å². The number of unbranched alkanes of at least 4 members (excludes halogenated alkanes) is 2. The van der Waals surface area contributed by atoms with Crippen molar-refractivity contribution >= 4 is 18.5 Å². The molecule has 2 aromatic rings. The third-order valence-corrected chi connectivity index (χ3v) is 8.33. The van der Waals surface area contributed by atoms with Crippen molar-refractivity contribution in [3.8, 4) is 0 Å². The fraction of sp³-hybridized carbons (Fsp3) is 0.500. The van der Waals surface area contributed by atoms with E-state index in [0.29, 0.717) is 18.5 Å². The number of ether oxygens (including phenoxy) is 1. The molecule has 1 fully saturated rings. The molecule has 0 aromatic heterocycles. The third kappa shape index (κ3) is 4.89. The quantitative estimate of drug-likeness (QED) is 0.346. The molecule has 6 heteroatoms. The summed E-state index contributed by atoms with van der Waals surface area (Å²) in [5, 5.41) is 0. The summed E-state index contributed by atoms with van der Waals surface area (Å²) in [4.78, 5) is 39.4. The van der Waals surface area contributed by atoms with Crippen LogP contribution in [0.25, 0.3) is 0 Å². The van der Waals surface area contributed by atoms with Crippen molar-refractivity contribution in [2.24, 2.45) is 0 Å². The Bertz CT molecular complexity index is 1110. The van der Waals surface area contributed by atoms with E-state index in [4.69, 9.17) is 4.74 Å². The first-order valence-corrected chi connectivity index (χ1v) is 13.4. The summed E-state index contributed by atoms with van der Waals surface area (Å²) in [5.74, 6) is -0.0911. The highest BCUT2D eigenvalue weighted by Crippen LogP contribution is 2.44. The zero-order valence-corrected chi connectivity index (χ0v) is 21.0. The number of piperidine rings is 1. The van der Waals surface area contributed by atoms with Gasteiger partial charge in [0.2, 0.25) is 0 Å². The van der Waals surface area contributed by atoms with Crippen LogP contribution in [0.2, 0.25) is 0 Å². The predicted octanol–water partition coefficient (Wildman–Crippen LogP) is 4.42. The maximum atomic E-state index is 12.9. The van der Waals surface area contributed by atoms with Crippen LogP contribution in [-0.4, -0.2) is 54.0 Å². The van der Waals surface area contributed by atoms with Crippen LogP contribution in [0.5, 0.6) is 0 Å². The summed E-state index contributed by atoms with van der Waals surface area (Å²) >= 11 is 0. The molecule has 0 N–H and O–H groups in total. The van der Waals surface area contributed by atoms with Gasteiger partial charge in [0.05, 0.1) is 18.2 Å². The van der Waals surface area contributed by atoms with Crippen molar-refractivity contribution in [1.29, 1.82) is 0 Å². The highest BCUT2D eigenvalue weighted by Gasteiger charge is 2.42. The predicted molar refractivity (Wildman–Crippen MR) is 138 cm³/mol. The second-order valence-corrected chi connectivity index (χ2v) is 10.4. The Balaban J connectivity index is 1.07. The lowest BCUT2D eigenvalue weighted by Gasteiger charge is -2.39. The van der Waals surface area contributed by atoms with E-state index in [-0.39, 0.29) is 17.9 Å². The van der Waals surface area contributed by atoms with Crippen LogP contribution < -0.4 is 0 Å². The van der Waals surface area contributed by atoms with Crippen molar-refractivity contribution in [3.05, 3.63) is 70.3 Å². The number of nitrogens with zero attached hydrogens (tertiary/aromatic N) is 2. The minimum atomic E-state index is -0.533. The molecule has 1 saturated heterocycles. The van der Waals surface area contributed by atoms with Crippen LogP contribution in [-0.2, 0) is 39.5 Å². The molecule has 0 aliphatic carbocycles. The third-order valence-electron chi connectivity index (χ3n) is 8.33. The molecule has 6 nitrogen and oxygen atoms in total. The minimum Gasteiger partial charge on any atom is -0.365 e. The molecule has 36 heavy (non-hydrogen) atoms. The van der Waals surface area contributed by atoms with Gasteiger partial charge in [-0.05, 0) is 73.4 Å². The van der Waals surface area contributed by atoms with Crippen molar-refractivity contribution in [1.82, 2.24) is 9.80 Å². The fourth-order valence-corrected chi connectivity index (χ4v) is 6.22. The molecule has 190 valence electrons. The molecule has 1 atom stereocenters. The summed E-state index contributed by atoms with van der Waals surface area (Å²) in [6.45, 7) is 4.50. The van der Waals surface area contributed by atoms with Gasteiger partial charge in [-0.25, -0.2) is 0 Å². The summed E-state index contributed by atoms with van der Waals surface area (Å²) in [7, 11) is 0. The van der Waals surface area contributed by atoms with Crippen molar-refractivity contribution in [2.75, 3.05) is 19.6 Å². The topological polar surface area (TPSA) is 66.9 Å². The van der Waals surface area contributed by atoms with Crippen LogP contribution in [0.1, 0.15) is 77.6 Å². The molecular formula is C30H36N2O4. The lowest BCUT2D eigenvalue weighted by atomic mass is 9.84. The Morgan fingerprint density at radius 1 is 1.00 bits per heavy atom. The molecule has 0 bridgehead atoms. The van der Waals surface area contributed by atoms with E-state index < -0.39 is 6.04 Å². The maximum Gasteiger partial charge on any atom is 0.255 e. The maximum absolute atomic E-state index is 12.9. The fourth-order valence-electron chi connectivity index (χ4n) is 6.22. The number of hydrogen-bond donors (Lipinski definition) is 0. The van der Waals surface area contributed by atoms with E-state index in [9.17, 15) is 14.4 Å². The van der Waals surface area contributed by atoms with E-state index in [1.807, 2.05) is 12.1 Å². The molecule has 3 aliphatic rings. The summed E-state index contributed by atoms with van der Waals surface area (Å²) in [6, 6.07) is 14.1. The smallest absolute Gasteiger partial charge is 0.255 e. The van der Waals surface area contributed by atoms with Crippen molar-refractivity contribution in [3.63, 3.8) is 0 Å². The van der Waals surface area contributed by atoms with Gasteiger partial charge in [0.15, 0.2) is 0 Å². The average Bonchev–Trinajstić information content (AvgIpc) is 3.44. The number of carbonyl (C=O) groups is 3. The standard InChI is InChI=1S/C30H36N2O4/c33-19-7-11-25(21-34)32-20-27-23(10-6-12-26(27)29(32)35)8-2-1-5-16-31-17-14-30(15-18-31)28-13-4-3-9-24(28)22-36-30/h3-4,6,9-10,12-13,19,21,25H,1-2,5,7-8,11,14-18,20,22H2. The first-order chi connectivity index (χ1) is 17.6. The first-order valence-electron chi connectivity index (χ1n) is 13.4. The molecule has 1 amide bonds. The molecule has 5 rings (SSSR count). The van der Waals surface area contributed by atoms with Crippen LogP contribution in [0.3, 0.4) is 0 Å². The second kappa shape index (κ2) is 11.1. The number of likely N-dealkylation sites (tertiary alicyclic amines) is 1. The SMILES string of the molecule is O=CCCC(C=O)N1Cc2c(CCCCCN3CCC4(CC3)OCc3ccccc34)cccc2C1=O. The summed E-state index contributed by atoms with van der Waals surface area (Å²) in [5.41, 5.74) is 5.66. The lowest BCUT2D eigenvalue weighted by molar-refractivity contribution is -0.112. The van der Waals surface area contributed by atoms with E-state index in [2.05, 4.69) is 35.2 Å². The Morgan fingerprint density at radius 2 is 1.83 bits per heavy atom. The zero-order chi connectivity index (χ0) is 25.0. The molecular weight excluding hydrogens is 452 g/mol. The highest BCUT2D eigenvalue weighted by molar-refractivity contribution is 6.00. The highest BCUT2D eigenvalue weighted by atomic mass is 16.5. The Labute approximate surface area is 213 Å². The number of benzene rings is 2. The van der Waals surface area contributed by atoms with Crippen LogP contribution in [0.15, 0.2) is 42.5 Å². The number of fused-ring (bicyclic) bond motifs is 3. The van der Waals surface area contributed by atoms with E-state index >= 15 is 0 Å². The van der Waals surface area contributed by atoms with Gasteiger partial charge in [0.25, 0.3) is 5.91 Å². The number of aldehydes is 2. The summed E-state index contributed by atoms with van der Waals surface area (Å²) in [6.07, 6.45) is 8.76. The largest absolute Gasteiger partial charge is 0.365 e. The number of rotatable bonds is 11. The number of aryl methyl sites for hydroxylation is 1. The van der Waals surface area contributed by atoms with E-state index in [0.717, 1.165) is 76.5 Å². The molecule has 1 unspecified atom stereocenters. The normalized spacial score (nSPS) is 19.3. The molecule has 0 radical (unpaired) electrons. The monoisotopic (exact) mass is 488 g/mol. The first kappa shape index (κ1) is 24.8. The molecule has 2 aromatic carbocycles. The van der Waals surface area contributed by atoms with Gasteiger partial charge in [-0.3, -0.25) is 4.79 Å². The van der Waals surface area contributed by atoms with Crippen LogP contribution >= 0.6 is 0 Å². The average molecular weight is 489 g/mol. The van der Waals surface area contributed by atoms with Gasteiger partial charge in [-0.15, -0.1) is 0 Å². The van der Waals surface area contributed by atoms with Gasteiger partial charge >= 0.3 is 0 Å². The van der Waals surface area contributed by atoms with Crippen LogP contribution in [0.4, 0.5) is 0 Å². The van der Waals surface area contributed by atoms with Gasteiger partial charge in [0.1, 0.15) is 12.6 Å². The van der Waals surface area contributed by atoms with Gasteiger partial charge in [-0.1, -0.05) is 42.8 Å². The Kier molecular flexibility index (Phi) is 7.63. The zero-order valence-electron chi connectivity index (χ0n) is 21.0. The van der Waals surface area contributed by atoms with Gasteiger partial charge < -0.3 is 24.1 Å². The molecule has 0 saturated carbocycles. The minimum absolute atomic E-state index is 0.0673. The number of carbonyl (C=O) groups excluding carboxylic acids is 3. The van der Waals surface area contributed by atoms with Crippen molar-refractivity contribution in [2.45, 2.75) is 76.2 Å². The number of hydrogen-bond acceptors (Lipinski definition) is 5. The molecule has 3 aliphatic heterocycles. The summed E-state index contributed by atoms with van der Waals surface area (Å²) < 4.78 is 6.30.